The Balaban J connectivity index is 2.57. The van der Waals surface area contributed by atoms with E-state index in [0.717, 1.165) is 25.7 Å². The van der Waals surface area contributed by atoms with E-state index in [0.29, 0.717) is 18.9 Å². The van der Waals surface area contributed by atoms with Crippen LogP contribution >= 0.6 is 0 Å². The van der Waals surface area contributed by atoms with Gasteiger partial charge < -0.3 is 5.11 Å². The van der Waals surface area contributed by atoms with Gasteiger partial charge >= 0.3 is 0 Å². The van der Waals surface area contributed by atoms with E-state index in [2.05, 4.69) is 11.6 Å². The fourth-order valence-corrected chi connectivity index (χ4v) is 3.79. The Kier molecular flexibility index (Phi) is 6.55. The van der Waals surface area contributed by atoms with E-state index >= 15 is 0 Å². The van der Waals surface area contributed by atoms with Gasteiger partial charge in [-0.3, -0.25) is 0 Å². The lowest BCUT2D eigenvalue weighted by Gasteiger charge is -2.32. The topological polar surface area (TPSA) is 69.6 Å². The van der Waals surface area contributed by atoms with Crippen LogP contribution in [0.5, 0.6) is 0 Å². The van der Waals surface area contributed by atoms with Gasteiger partial charge in [0.05, 0.1) is 0 Å². The van der Waals surface area contributed by atoms with E-state index in [1.54, 1.807) is 7.05 Å². The quantitative estimate of drug-likeness (QED) is 0.733. The van der Waals surface area contributed by atoms with Crippen molar-refractivity contribution in [2.24, 2.45) is 5.92 Å². The van der Waals surface area contributed by atoms with E-state index < -0.39 is 10.2 Å². The molecule has 0 radical (unpaired) electrons. The third-order valence-corrected chi connectivity index (χ3v) is 5.38. The molecule has 0 heterocycles. The van der Waals surface area contributed by atoms with E-state index in [1.807, 2.05) is 0 Å². The first kappa shape index (κ1) is 15.9. The molecule has 2 atom stereocenters. The van der Waals surface area contributed by atoms with Gasteiger partial charge in [-0.2, -0.15) is 17.4 Å². The molecular weight excluding hydrogens is 252 g/mol. The van der Waals surface area contributed by atoms with E-state index in [9.17, 15) is 8.42 Å². The fraction of sp³-hybridized carbons (Fsp3) is 1.00. The fourth-order valence-electron chi connectivity index (χ4n) is 2.55. The average molecular weight is 278 g/mol. The molecule has 1 aliphatic rings. The molecule has 108 valence electrons. The molecule has 1 fully saturated rings. The maximum absolute atomic E-state index is 12.1. The number of aliphatic hydroxyl groups excluding tert-OH is 1. The highest BCUT2D eigenvalue weighted by atomic mass is 32.2. The minimum Gasteiger partial charge on any atom is -0.396 e. The van der Waals surface area contributed by atoms with Crippen LogP contribution in [0.3, 0.4) is 0 Å². The van der Waals surface area contributed by atoms with Crippen LogP contribution in [0.4, 0.5) is 0 Å². The lowest BCUT2D eigenvalue weighted by Crippen LogP contribution is -2.47. The number of nitrogens with zero attached hydrogens (tertiary/aromatic N) is 1. The van der Waals surface area contributed by atoms with Gasteiger partial charge in [0, 0.05) is 26.2 Å². The number of hydrogen-bond acceptors (Lipinski definition) is 3. The van der Waals surface area contributed by atoms with Gasteiger partial charge in [0.2, 0.25) is 0 Å². The number of hydrogen-bond donors (Lipinski definition) is 2. The number of nitrogens with one attached hydrogen (secondary N) is 1. The van der Waals surface area contributed by atoms with Crippen molar-refractivity contribution in [3.63, 3.8) is 0 Å². The second-order valence-electron chi connectivity index (χ2n) is 5.08. The Morgan fingerprint density at radius 2 is 2.00 bits per heavy atom. The molecule has 2 N–H and O–H groups in total. The van der Waals surface area contributed by atoms with Gasteiger partial charge in [-0.15, -0.1) is 0 Å². The Bertz CT molecular complexity index is 332. The van der Waals surface area contributed by atoms with Crippen LogP contribution in [-0.2, 0) is 10.2 Å². The van der Waals surface area contributed by atoms with Crippen LogP contribution in [0.15, 0.2) is 0 Å². The zero-order valence-corrected chi connectivity index (χ0v) is 12.2. The molecule has 0 aromatic carbocycles. The van der Waals surface area contributed by atoms with Crippen molar-refractivity contribution in [2.45, 2.75) is 51.5 Å². The molecule has 0 aromatic heterocycles. The summed E-state index contributed by atoms with van der Waals surface area (Å²) in [7, 11) is -1.85. The summed E-state index contributed by atoms with van der Waals surface area (Å²) in [6, 6.07) is 0.0744. The second-order valence-corrected chi connectivity index (χ2v) is 6.89. The summed E-state index contributed by atoms with van der Waals surface area (Å²) in [4.78, 5) is 0. The van der Waals surface area contributed by atoms with Gasteiger partial charge in [0.1, 0.15) is 0 Å². The van der Waals surface area contributed by atoms with Crippen molar-refractivity contribution in [3.8, 4) is 0 Å². The second kappa shape index (κ2) is 7.43. The third kappa shape index (κ3) is 4.50. The highest BCUT2D eigenvalue weighted by Gasteiger charge is 2.29. The van der Waals surface area contributed by atoms with E-state index in [1.165, 1.54) is 10.7 Å². The molecule has 2 unspecified atom stereocenters. The van der Waals surface area contributed by atoms with Crippen molar-refractivity contribution in [1.29, 1.82) is 0 Å². The normalized spacial score (nSPS) is 25.6. The molecule has 6 heteroatoms. The molecule has 1 saturated carbocycles. The smallest absolute Gasteiger partial charge is 0.279 e. The van der Waals surface area contributed by atoms with Crippen molar-refractivity contribution >= 4 is 10.2 Å². The summed E-state index contributed by atoms with van der Waals surface area (Å²) in [6.45, 7) is 2.49. The molecule has 1 aliphatic carbocycles. The Labute approximate surface area is 111 Å². The Hall–Kier alpha value is -0.170. The van der Waals surface area contributed by atoms with Gasteiger partial charge in [0.15, 0.2) is 0 Å². The molecule has 0 bridgehead atoms. The minimum atomic E-state index is -3.40. The largest absolute Gasteiger partial charge is 0.396 e. The third-order valence-electron chi connectivity index (χ3n) is 3.78. The maximum Gasteiger partial charge on any atom is 0.279 e. The van der Waals surface area contributed by atoms with Crippen molar-refractivity contribution in [2.75, 3.05) is 20.2 Å². The van der Waals surface area contributed by atoms with Crippen molar-refractivity contribution in [3.05, 3.63) is 0 Å². The van der Waals surface area contributed by atoms with Crippen LogP contribution in [0.2, 0.25) is 0 Å². The standard InChI is InChI=1S/C12H26N2O3S/c1-3-11-7-4-5-8-12(11)13-18(16,17)14(2)9-6-10-15/h11-13,15H,3-10H2,1-2H3. The van der Waals surface area contributed by atoms with Gasteiger partial charge in [-0.1, -0.05) is 26.2 Å². The Morgan fingerprint density at radius 1 is 1.33 bits per heavy atom. The van der Waals surface area contributed by atoms with Gasteiger partial charge in [-0.05, 0) is 25.2 Å². The first-order valence-corrected chi connectivity index (χ1v) is 8.29. The summed E-state index contributed by atoms with van der Waals surface area (Å²) >= 11 is 0. The van der Waals surface area contributed by atoms with Gasteiger partial charge in [0.25, 0.3) is 10.2 Å². The summed E-state index contributed by atoms with van der Waals surface area (Å²) in [5, 5.41) is 8.74. The average Bonchev–Trinajstić information content (AvgIpc) is 2.36. The Morgan fingerprint density at radius 3 is 2.61 bits per heavy atom. The van der Waals surface area contributed by atoms with E-state index in [4.69, 9.17) is 5.11 Å². The molecular formula is C12H26N2O3S. The predicted octanol–water partition coefficient (Wildman–Crippen LogP) is 1.10. The van der Waals surface area contributed by atoms with E-state index in [-0.39, 0.29) is 12.6 Å². The van der Waals surface area contributed by atoms with Crippen LogP contribution in [0, 0.1) is 5.92 Å². The summed E-state index contributed by atoms with van der Waals surface area (Å²) in [5.74, 6) is 0.458. The van der Waals surface area contributed by atoms with Crippen LogP contribution < -0.4 is 4.72 Å². The van der Waals surface area contributed by atoms with Crippen LogP contribution in [0.1, 0.15) is 45.4 Å². The predicted molar refractivity (Wildman–Crippen MR) is 72.4 cm³/mol. The van der Waals surface area contributed by atoms with Crippen LogP contribution in [-0.4, -0.2) is 44.1 Å². The molecule has 18 heavy (non-hydrogen) atoms. The summed E-state index contributed by atoms with van der Waals surface area (Å²) in [5.41, 5.74) is 0. The molecule has 5 nitrogen and oxygen atoms in total. The van der Waals surface area contributed by atoms with Gasteiger partial charge in [-0.25, -0.2) is 0 Å². The maximum atomic E-state index is 12.1. The number of rotatable bonds is 7. The summed E-state index contributed by atoms with van der Waals surface area (Å²) < 4.78 is 28.3. The monoisotopic (exact) mass is 278 g/mol. The molecule has 0 amide bonds. The minimum absolute atomic E-state index is 0.0148. The molecule has 0 aromatic rings. The lowest BCUT2D eigenvalue weighted by molar-refractivity contribution is 0.266. The number of aliphatic hydroxyl groups is 1. The van der Waals surface area contributed by atoms with Crippen molar-refractivity contribution < 1.29 is 13.5 Å². The summed E-state index contributed by atoms with van der Waals surface area (Å²) in [6.07, 6.45) is 5.85. The molecule has 0 aliphatic heterocycles. The first-order chi connectivity index (χ1) is 8.51. The zero-order valence-electron chi connectivity index (χ0n) is 11.4. The lowest BCUT2D eigenvalue weighted by atomic mass is 9.83. The molecule has 1 rings (SSSR count). The highest BCUT2D eigenvalue weighted by Crippen LogP contribution is 2.27. The van der Waals surface area contributed by atoms with Crippen LogP contribution in [0.25, 0.3) is 0 Å². The SMILES string of the molecule is CCC1CCCCC1NS(=O)(=O)N(C)CCCO. The van der Waals surface area contributed by atoms with Crippen molar-refractivity contribution in [1.82, 2.24) is 9.03 Å². The highest BCUT2D eigenvalue weighted by molar-refractivity contribution is 7.87. The first-order valence-electron chi connectivity index (χ1n) is 6.85. The molecule has 0 spiro atoms. The zero-order chi connectivity index (χ0) is 13.6. The molecule has 0 saturated heterocycles.